The second kappa shape index (κ2) is 6.39. The van der Waals surface area contributed by atoms with Crippen molar-refractivity contribution in [3.63, 3.8) is 0 Å². The van der Waals surface area contributed by atoms with Gasteiger partial charge in [-0.3, -0.25) is 4.79 Å². The SMILES string of the molecule is CSc1ccc(/C=C(/C(C)=O)c2ccccc2)cc1. The first-order valence-electron chi connectivity index (χ1n) is 6.13. The van der Waals surface area contributed by atoms with Gasteiger partial charge < -0.3 is 0 Å². The van der Waals surface area contributed by atoms with Gasteiger partial charge in [0.1, 0.15) is 0 Å². The van der Waals surface area contributed by atoms with Crippen molar-refractivity contribution >= 4 is 29.2 Å². The maximum absolute atomic E-state index is 11.8. The fourth-order valence-electron chi connectivity index (χ4n) is 1.87. The molecule has 0 fully saturated rings. The van der Waals surface area contributed by atoms with Gasteiger partial charge >= 0.3 is 0 Å². The van der Waals surface area contributed by atoms with Crippen LogP contribution < -0.4 is 0 Å². The molecule has 0 heterocycles. The van der Waals surface area contributed by atoms with Gasteiger partial charge in [-0.1, -0.05) is 42.5 Å². The molecule has 0 bridgehead atoms. The number of carbonyl (C=O) groups excluding carboxylic acids is 1. The first kappa shape index (κ1) is 13.6. The van der Waals surface area contributed by atoms with Crippen LogP contribution in [-0.2, 0) is 4.79 Å². The maximum atomic E-state index is 11.8. The molecule has 19 heavy (non-hydrogen) atoms. The highest BCUT2D eigenvalue weighted by Gasteiger charge is 2.06. The Morgan fingerprint density at radius 2 is 1.63 bits per heavy atom. The molecule has 2 rings (SSSR count). The van der Waals surface area contributed by atoms with E-state index in [1.54, 1.807) is 18.7 Å². The van der Waals surface area contributed by atoms with Crippen LogP contribution >= 0.6 is 11.8 Å². The standard InChI is InChI=1S/C17H16OS/c1-13(18)17(15-6-4-3-5-7-15)12-14-8-10-16(19-2)11-9-14/h3-12H,1-2H3/b17-12-. The zero-order chi connectivity index (χ0) is 13.7. The van der Waals surface area contributed by atoms with E-state index >= 15 is 0 Å². The van der Waals surface area contributed by atoms with Crippen molar-refractivity contribution in [1.29, 1.82) is 0 Å². The Bertz CT molecular complexity index is 582. The van der Waals surface area contributed by atoms with Crippen LogP contribution in [0.2, 0.25) is 0 Å². The van der Waals surface area contributed by atoms with Crippen LogP contribution in [0.25, 0.3) is 11.6 Å². The summed E-state index contributed by atoms with van der Waals surface area (Å²) in [6.45, 7) is 1.61. The lowest BCUT2D eigenvalue weighted by Crippen LogP contribution is -1.95. The highest BCUT2D eigenvalue weighted by Crippen LogP contribution is 2.21. The first-order chi connectivity index (χ1) is 9.20. The van der Waals surface area contributed by atoms with Crippen molar-refractivity contribution in [1.82, 2.24) is 0 Å². The monoisotopic (exact) mass is 268 g/mol. The zero-order valence-electron chi connectivity index (χ0n) is 11.1. The number of ketones is 1. The predicted molar refractivity (Wildman–Crippen MR) is 83.2 cm³/mol. The van der Waals surface area contributed by atoms with Crippen molar-refractivity contribution in [2.24, 2.45) is 0 Å². The van der Waals surface area contributed by atoms with Crippen LogP contribution in [0.5, 0.6) is 0 Å². The van der Waals surface area contributed by atoms with E-state index in [4.69, 9.17) is 0 Å². The molecule has 0 aromatic heterocycles. The second-order valence-electron chi connectivity index (χ2n) is 4.25. The number of rotatable bonds is 4. The lowest BCUT2D eigenvalue weighted by molar-refractivity contribution is -0.111. The normalized spacial score (nSPS) is 11.4. The molecule has 0 atom stereocenters. The summed E-state index contributed by atoms with van der Waals surface area (Å²) in [6, 6.07) is 18.0. The number of hydrogen-bond donors (Lipinski definition) is 0. The Morgan fingerprint density at radius 3 is 2.16 bits per heavy atom. The van der Waals surface area contributed by atoms with E-state index in [2.05, 4.69) is 18.4 Å². The van der Waals surface area contributed by atoms with Gasteiger partial charge in [-0.15, -0.1) is 11.8 Å². The van der Waals surface area contributed by atoms with Crippen molar-refractivity contribution < 1.29 is 4.79 Å². The summed E-state index contributed by atoms with van der Waals surface area (Å²) in [7, 11) is 0. The molecule has 0 saturated carbocycles. The smallest absolute Gasteiger partial charge is 0.160 e. The van der Waals surface area contributed by atoms with E-state index in [1.165, 1.54) is 4.90 Å². The van der Waals surface area contributed by atoms with Crippen LogP contribution in [0.1, 0.15) is 18.1 Å². The molecule has 0 saturated heterocycles. The first-order valence-corrected chi connectivity index (χ1v) is 7.35. The minimum Gasteiger partial charge on any atom is -0.294 e. The molecule has 0 amide bonds. The molecule has 0 unspecified atom stereocenters. The largest absolute Gasteiger partial charge is 0.294 e. The van der Waals surface area contributed by atoms with Gasteiger partial charge in [-0.25, -0.2) is 0 Å². The van der Waals surface area contributed by atoms with Crippen molar-refractivity contribution in [3.8, 4) is 0 Å². The second-order valence-corrected chi connectivity index (χ2v) is 5.13. The van der Waals surface area contributed by atoms with E-state index < -0.39 is 0 Å². The molecule has 2 heteroatoms. The number of hydrogen-bond acceptors (Lipinski definition) is 2. The Morgan fingerprint density at radius 1 is 1.00 bits per heavy atom. The molecule has 2 aromatic carbocycles. The Kier molecular flexibility index (Phi) is 4.58. The van der Waals surface area contributed by atoms with Gasteiger partial charge in [0.15, 0.2) is 5.78 Å². The summed E-state index contributed by atoms with van der Waals surface area (Å²) in [5.74, 6) is 0.0835. The minimum atomic E-state index is 0.0835. The quantitative estimate of drug-likeness (QED) is 0.460. The average molecular weight is 268 g/mol. The highest BCUT2D eigenvalue weighted by atomic mass is 32.2. The molecule has 0 radical (unpaired) electrons. The van der Waals surface area contributed by atoms with Crippen LogP contribution in [0.4, 0.5) is 0 Å². The van der Waals surface area contributed by atoms with Gasteiger partial charge in [0.25, 0.3) is 0 Å². The van der Waals surface area contributed by atoms with E-state index in [-0.39, 0.29) is 5.78 Å². The third-order valence-electron chi connectivity index (χ3n) is 2.89. The van der Waals surface area contributed by atoms with E-state index in [1.807, 2.05) is 48.5 Å². The molecular formula is C17H16OS. The minimum absolute atomic E-state index is 0.0835. The summed E-state index contributed by atoms with van der Waals surface area (Å²) in [5, 5.41) is 0. The van der Waals surface area contributed by atoms with Crippen molar-refractivity contribution in [2.45, 2.75) is 11.8 Å². The predicted octanol–water partition coefficient (Wildman–Crippen LogP) is 4.54. The molecular weight excluding hydrogens is 252 g/mol. The Labute approximate surface area is 118 Å². The number of thioether (sulfide) groups is 1. The number of benzene rings is 2. The number of Topliss-reactive ketones (excluding diaryl/α,β-unsaturated/α-hetero) is 1. The van der Waals surface area contributed by atoms with Gasteiger partial charge in [-0.05, 0) is 42.5 Å². The lowest BCUT2D eigenvalue weighted by atomic mass is 10.00. The van der Waals surface area contributed by atoms with Crippen LogP contribution in [0.3, 0.4) is 0 Å². The van der Waals surface area contributed by atoms with Crippen LogP contribution in [0.15, 0.2) is 59.5 Å². The van der Waals surface area contributed by atoms with E-state index in [0.717, 1.165) is 16.7 Å². The molecule has 0 aliphatic heterocycles. The van der Waals surface area contributed by atoms with Crippen molar-refractivity contribution in [2.75, 3.05) is 6.26 Å². The van der Waals surface area contributed by atoms with Gasteiger partial charge in [0.2, 0.25) is 0 Å². The number of carbonyl (C=O) groups is 1. The van der Waals surface area contributed by atoms with Crippen LogP contribution in [-0.4, -0.2) is 12.0 Å². The van der Waals surface area contributed by atoms with Gasteiger partial charge in [0.05, 0.1) is 0 Å². The third-order valence-corrected chi connectivity index (χ3v) is 3.63. The zero-order valence-corrected chi connectivity index (χ0v) is 11.9. The Hall–Kier alpha value is -1.80. The fourth-order valence-corrected chi connectivity index (χ4v) is 2.28. The molecule has 0 aliphatic carbocycles. The van der Waals surface area contributed by atoms with E-state index in [0.29, 0.717) is 0 Å². The fraction of sp³-hybridized carbons (Fsp3) is 0.118. The van der Waals surface area contributed by atoms with E-state index in [9.17, 15) is 4.79 Å². The molecule has 0 aliphatic rings. The average Bonchev–Trinajstić information content (AvgIpc) is 2.46. The molecule has 0 N–H and O–H groups in total. The summed E-state index contributed by atoms with van der Waals surface area (Å²) < 4.78 is 0. The summed E-state index contributed by atoms with van der Waals surface area (Å²) in [6.07, 6.45) is 4.00. The maximum Gasteiger partial charge on any atom is 0.160 e. The molecule has 2 aromatic rings. The summed E-state index contributed by atoms with van der Waals surface area (Å²) in [5.41, 5.74) is 2.76. The topological polar surface area (TPSA) is 17.1 Å². The van der Waals surface area contributed by atoms with Gasteiger partial charge in [-0.2, -0.15) is 0 Å². The lowest BCUT2D eigenvalue weighted by Gasteiger charge is -2.04. The van der Waals surface area contributed by atoms with Crippen molar-refractivity contribution in [3.05, 3.63) is 65.7 Å². The summed E-state index contributed by atoms with van der Waals surface area (Å²) >= 11 is 1.71. The summed E-state index contributed by atoms with van der Waals surface area (Å²) in [4.78, 5) is 13.0. The molecule has 96 valence electrons. The Balaban J connectivity index is 2.38. The third kappa shape index (κ3) is 3.58. The van der Waals surface area contributed by atoms with Crippen LogP contribution in [0, 0.1) is 0 Å². The van der Waals surface area contributed by atoms with Gasteiger partial charge in [0, 0.05) is 10.5 Å². The highest BCUT2D eigenvalue weighted by molar-refractivity contribution is 7.98. The molecule has 1 nitrogen and oxygen atoms in total. The number of allylic oxidation sites excluding steroid dienone is 1. The molecule has 0 spiro atoms.